The topological polar surface area (TPSA) is 84.6 Å². The van der Waals surface area contributed by atoms with Crippen molar-refractivity contribution in [2.24, 2.45) is 9.50 Å². The number of fused-ring (bicyclic) bond motifs is 2. The molecule has 7 heteroatoms. The van der Waals surface area contributed by atoms with Crippen LogP contribution in [0.15, 0.2) is 26.1 Å². The van der Waals surface area contributed by atoms with Crippen LogP contribution in [-0.2, 0) is 35.6 Å². The minimum atomic E-state index is -3.24. The Kier molecular flexibility index (Phi) is 4.86. The number of hydrogen-bond donors (Lipinski definition) is 2. The van der Waals surface area contributed by atoms with Gasteiger partial charge in [0.15, 0.2) is 9.92 Å². The predicted octanol–water partition coefficient (Wildman–Crippen LogP) is 4.78. The number of amides is 2. The van der Waals surface area contributed by atoms with Gasteiger partial charge in [-0.1, -0.05) is 19.9 Å². The first-order valence-corrected chi connectivity index (χ1v) is 11.9. The van der Waals surface area contributed by atoms with Crippen LogP contribution in [0.5, 0.6) is 0 Å². The van der Waals surface area contributed by atoms with Gasteiger partial charge in [0.25, 0.3) is 0 Å². The Bertz CT molecular complexity index is 998. The van der Waals surface area contributed by atoms with E-state index in [1.807, 2.05) is 5.38 Å². The molecule has 27 heavy (non-hydrogen) atoms. The van der Waals surface area contributed by atoms with E-state index in [4.69, 9.17) is 5.14 Å². The molecule has 0 saturated carbocycles. The predicted molar refractivity (Wildman–Crippen MR) is 111 cm³/mol. The lowest BCUT2D eigenvalue weighted by molar-refractivity contribution is 0.260. The summed E-state index contributed by atoms with van der Waals surface area (Å²) in [6.07, 6.45) is 6.28. The lowest BCUT2D eigenvalue weighted by Crippen LogP contribution is -2.18. The summed E-state index contributed by atoms with van der Waals surface area (Å²) in [5.41, 5.74) is 7.07. The Balaban J connectivity index is 1.65. The molecule has 0 radical (unpaired) electrons. The smallest absolute Gasteiger partial charge is 0.305 e. The summed E-state index contributed by atoms with van der Waals surface area (Å²) in [5.74, 6) is 0.313. The van der Waals surface area contributed by atoms with E-state index >= 15 is 0 Å². The third-order valence-electron chi connectivity index (χ3n) is 5.47. The Labute approximate surface area is 164 Å². The van der Waals surface area contributed by atoms with Gasteiger partial charge in [-0.2, -0.15) is 0 Å². The lowest BCUT2D eigenvalue weighted by atomic mass is 9.99. The first-order chi connectivity index (χ1) is 12.8. The summed E-state index contributed by atoms with van der Waals surface area (Å²) in [4.78, 5) is 12.6. The largest absolute Gasteiger partial charge is 0.354 e. The van der Waals surface area contributed by atoms with Crippen LogP contribution in [-0.4, -0.2) is 10.2 Å². The third-order valence-corrected chi connectivity index (χ3v) is 8.35. The van der Waals surface area contributed by atoms with E-state index < -0.39 is 15.9 Å². The molecule has 5 nitrogen and oxygen atoms in total. The van der Waals surface area contributed by atoms with Crippen molar-refractivity contribution in [3.05, 3.63) is 45.3 Å². The van der Waals surface area contributed by atoms with Gasteiger partial charge in [-0.3, -0.25) is 0 Å². The van der Waals surface area contributed by atoms with Crippen molar-refractivity contribution in [3.63, 3.8) is 0 Å². The van der Waals surface area contributed by atoms with Gasteiger partial charge in [0.1, 0.15) is 4.21 Å². The highest BCUT2D eigenvalue weighted by Gasteiger charge is 2.25. The van der Waals surface area contributed by atoms with Crippen LogP contribution >= 0.6 is 11.3 Å². The van der Waals surface area contributed by atoms with E-state index in [1.54, 1.807) is 6.07 Å². The number of carbonyl (C=O) groups is 1. The zero-order valence-corrected chi connectivity index (χ0v) is 17.3. The second kappa shape index (κ2) is 7.04. The van der Waals surface area contributed by atoms with Gasteiger partial charge in [-0.05, 0) is 83.7 Å². The zero-order valence-electron chi connectivity index (χ0n) is 15.7. The number of carbonyl (C=O) groups excluding carboxylic acids is 1. The van der Waals surface area contributed by atoms with Crippen molar-refractivity contribution in [1.82, 2.24) is 0 Å². The molecule has 0 spiro atoms. The number of aryl methyl sites for hydroxylation is 2. The van der Waals surface area contributed by atoms with E-state index in [0.29, 0.717) is 10.1 Å². The van der Waals surface area contributed by atoms with Crippen LogP contribution in [0.25, 0.3) is 0 Å². The maximum absolute atomic E-state index is 12.9. The molecule has 1 aromatic heterocycles. The lowest BCUT2D eigenvalue weighted by Gasteiger charge is -2.15. The van der Waals surface area contributed by atoms with Gasteiger partial charge in [0.05, 0.1) is 0 Å². The van der Waals surface area contributed by atoms with E-state index in [-0.39, 0.29) is 0 Å². The van der Waals surface area contributed by atoms with Gasteiger partial charge in [-0.15, -0.1) is 15.7 Å². The van der Waals surface area contributed by atoms with Crippen molar-refractivity contribution in [2.75, 3.05) is 5.32 Å². The molecular weight excluding hydrogens is 378 g/mol. The SMILES string of the molecule is CC(C)c1csc(S(N)(=O)=NC(=O)Nc2c3c(cc4c2CCC4)CCC3)c1. The van der Waals surface area contributed by atoms with Crippen LogP contribution in [0.3, 0.4) is 0 Å². The quantitative estimate of drug-likeness (QED) is 0.773. The number of nitrogens with one attached hydrogen (secondary N) is 1. The van der Waals surface area contributed by atoms with Gasteiger partial charge in [0, 0.05) is 5.69 Å². The van der Waals surface area contributed by atoms with Crippen molar-refractivity contribution >= 4 is 33.0 Å². The monoisotopic (exact) mass is 403 g/mol. The number of benzene rings is 1. The van der Waals surface area contributed by atoms with Crippen molar-refractivity contribution in [3.8, 4) is 0 Å². The standard InChI is InChI=1S/C20H25N3O2S2/c1-12(2)15-10-18(26-11-15)27(21,25)23-20(24)22-19-16-7-3-5-13(16)9-14-6-4-8-17(14)19/h9-12H,3-8H2,1-2H3,(H3,21,22,23,24,25). The van der Waals surface area contributed by atoms with Crippen LogP contribution in [0, 0.1) is 0 Å². The maximum atomic E-state index is 12.9. The minimum absolute atomic E-state index is 0.313. The second-order valence-electron chi connectivity index (χ2n) is 7.68. The summed E-state index contributed by atoms with van der Waals surface area (Å²) in [6, 6.07) is 3.49. The summed E-state index contributed by atoms with van der Waals surface area (Å²) < 4.78 is 17.2. The van der Waals surface area contributed by atoms with Crippen LogP contribution in [0.1, 0.15) is 60.4 Å². The van der Waals surface area contributed by atoms with Gasteiger partial charge >= 0.3 is 6.03 Å². The van der Waals surface area contributed by atoms with Crippen molar-refractivity contribution < 1.29 is 9.00 Å². The molecule has 2 aliphatic carbocycles. The Morgan fingerprint density at radius 1 is 1.15 bits per heavy atom. The maximum Gasteiger partial charge on any atom is 0.354 e. The fourth-order valence-corrected chi connectivity index (χ4v) is 6.34. The number of nitrogens with zero attached hydrogens (tertiary/aromatic N) is 1. The number of urea groups is 1. The molecule has 2 amide bonds. The molecule has 2 aliphatic rings. The van der Waals surface area contributed by atoms with Crippen LogP contribution in [0.2, 0.25) is 0 Å². The second-order valence-corrected chi connectivity index (χ2v) is 10.6. The van der Waals surface area contributed by atoms with E-state index in [2.05, 4.69) is 29.6 Å². The average Bonchev–Trinajstić information content (AvgIpc) is 3.34. The average molecular weight is 404 g/mol. The highest BCUT2D eigenvalue weighted by Crippen LogP contribution is 2.38. The number of nitrogens with two attached hydrogens (primary N) is 1. The normalized spacial score (nSPS) is 17.5. The first-order valence-electron chi connectivity index (χ1n) is 9.46. The van der Waals surface area contributed by atoms with Crippen LogP contribution in [0.4, 0.5) is 10.5 Å². The fourth-order valence-electron chi connectivity index (χ4n) is 4.05. The molecule has 3 N–H and O–H groups in total. The zero-order chi connectivity index (χ0) is 19.2. The third kappa shape index (κ3) is 3.56. The van der Waals surface area contributed by atoms with E-state index in [0.717, 1.165) is 49.8 Å². The minimum Gasteiger partial charge on any atom is -0.305 e. The van der Waals surface area contributed by atoms with Crippen LogP contribution < -0.4 is 10.5 Å². The molecule has 2 aromatic rings. The Morgan fingerprint density at radius 2 is 1.78 bits per heavy atom. The summed E-state index contributed by atoms with van der Waals surface area (Å²) in [6.45, 7) is 4.12. The molecule has 0 fully saturated rings. The molecule has 1 unspecified atom stereocenters. The van der Waals surface area contributed by atoms with Crippen molar-refractivity contribution in [1.29, 1.82) is 0 Å². The molecule has 0 aliphatic heterocycles. The molecule has 1 atom stereocenters. The van der Waals surface area contributed by atoms with E-state index in [9.17, 15) is 9.00 Å². The number of hydrogen-bond acceptors (Lipinski definition) is 3. The molecule has 0 bridgehead atoms. The van der Waals surface area contributed by atoms with Crippen molar-refractivity contribution in [2.45, 2.75) is 62.5 Å². The molecule has 4 rings (SSSR count). The number of rotatable bonds is 3. The molecular formula is C20H25N3O2S2. The molecule has 0 saturated heterocycles. The van der Waals surface area contributed by atoms with Gasteiger partial charge in [-0.25, -0.2) is 14.1 Å². The first kappa shape index (κ1) is 18.7. The van der Waals surface area contributed by atoms with Gasteiger partial charge < -0.3 is 5.32 Å². The van der Waals surface area contributed by atoms with E-state index in [1.165, 1.54) is 33.6 Å². The summed E-state index contributed by atoms with van der Waals surface area (Å²) >= 11 is 1.30. The number of thiophene rings is 1. The molecule has 144 valence electrons. The van der Waals surface area contributed by atoms with Gasteiger partial charge in [0.2, 0.25) is 0 Å². The Hall–Kier alpha value is -1.70. The summed E-state index contributed by atoms with van der Waals surface area (Å²) in [5, 5.41) is 10.8. The fraction of sp³-hybridized carbons (Fsp3) is 0.450. The number of anilines is 1. The molecule has 1 heterocycles. The Morgan fingerprint density at radius 3 is 2.33 bits per heavy atom. The highest BCUT2D eigenvalue weighted by atomic mass is 32.2. The highest BCUT2D eigenvalue weighted by molar-refractivity contribution is 7.93. The summed E-state index contributed by atoms with van der Waals surface area (Å²) in [7, 11) is -3.24. The molecule has 1 aromatic carbocycles.